The van der Waals surface area contributed by atoms with Gasteiger partial charge in [0.25, 0.3) is 0 Å². The molecule has 0 aromatic carbocycles. The van der Waals surface area contributed by atoms with Gasteiger partial charge in [-0.2, -0.15) is 5.10 Å². The van der Waals surface area contributed by atoms with E-state index in [1.165, 1.54) is 10.9 Å². The van der Waals surface area contributed by atoms with E-state index in [1.54, 1.807) is 6.20 Å². The molecule has 17 heavy (non-hydrogen) atoms. The number of anilines is 1. The quantitative estimate of drug-likeness (QED) is 0.785. The summed E-state index contributed by atoms with van der Waals surface area (Å²) in [7, 11) is 0. The summed E-state index contributed by atoms with van der Waals surface area (Å²) < 4.78 is 6.99. The smallest absolute Gasteiger partial charge is 0.242 e. The highest BCUT2D eigenvalue weighted by atomic mass is 16.5. The molecule has 1 amide bonds. The van der Waals surface area contributed by atoms with Gasteiger partial charge in [-0.1, -0.05) is 0 Å². The third kappa shape index (κ3) is 2.58. The Morgan fingerprint density at radius 2 is 2.59 bits per heavy atom. The molecule has 0 radical (unpaired) electrons. The summed E-state index contributed by atoms with van der Waals surface area (Å²) in [5.74, 6) is -0.0760. The van der Waals surface area contributed by atoms with Crippen LogP contribution in [0.2, 0.25) is 0 Å². The van der Waals surface area contributed by atoms with Crippen LogP contribution in [0.1, 0.15) is 20.3 Å². The Morgan fingerprint density at radius 3 is 3.12 bits per heavy atom. The van der Waals surface area contributed by atoms with Gasteiger partial charge >= 0.3 is 0 Å². The van der Waals surface area contributed by atoms with Gasteiger partial charge in [0.05, 0.1) is 23.5 Å². The van der Waals surface area contributed by atoms with E-state index in [-0.39, 0.29) is 24.1 Å². The minimum absolute atomic E-state index is 0.0362. The van der Waals surface area contributed by atoms with Crippen LogP contribution in [-0.4, -0.2) is 33.9 Å². The Kier molecular flexibility index (Phi) is 3.06. The van der Waals surface area contributed by atoms with Crippen LogP contribution in [0.25, 0.3) is 0 Å². The molecule has 6 heteroatoms. The number of aromatic nitrogens is 2. The van der Waals surface area contributed by atoms with Crippen molar-refractivity contribution in [1.29, 1.82) is 0 Å². The number of nitrogen functional groups attached to an aromatic ring is 1. The first-order chi connectivity index (χ1) is 7.99. The van der Waals surface area contributed by atoms with E-state index in [2.05, 4.69) is 10.4 Å². The Hall–Kier alpha value is -1.56. The highest BCUT2D eigenvalue weighted by molar-refractivity contribution is 5.76. The number of nitrogens with two attached hydrogens (primary N) is 1. The van der Waals surface area contributed by atoms with E-state index in [1.807, 2.05) is 13.8 Å². The fourth-order valence-electron chi connectivity index (χ4n) is 1.97. The first-order valence-corrected chi connectivity index (χ1v) is 5.70. The number of nitrogens with zero attached hydrogens (tertiary/aromatic N) is 2. The summed E-state index contributed by atoms with van der Waals surface area (Å²) in [5, 5.41) is 6.97. The number of rotatable bonds is 3. The summed E-state index contributed by atoms with van der Waals surface area (Å²) in [5.41, 5.74) is 5.81. The second kappa shape index (κ2) is 4.37. The number of hydrogen-bond acceptors (Lipinski definition) is 4. The number of hydrogen-bond donors (Lipinski definition) is 2. The predicted molar refractivity (Wildman–Crippen MR) is 63.2 cm³/mol. The van der Waals surface area contributed by atoms with Crippen molar-refractivity contribution in [3.05, 3.63) is 12.4 Å². The van der Waals surface area contributed by atoms with E-state index < -0.39 is 0 Å². The molecular weight excluding hydrogens is 220 g/mol. The van der Waals surface area contributed by atoms with Crippen molar-refractivity contribution >= 4 is 11.6 Å². The highest BCUT2D eigenvalue weighted by Gasteiger charge is 2.38. The van der Waals surface area contributed by atoms with Gasteiger partial charge in [-0.05, 0) is 20.3 Å². The van der Waals surface area contributed by atoms with Gasteiger partial charge in [0.2, 0.25) is 5.91 Å². The van der Waals surface area contributed by atoms with Gasteiger partial charge in [-0.25, -0.2) is 0 Å². The lowest BCUT2D eigenvalue weighted by Gasteiger charge is -2.28. The number of nitrogens with one attached hydrogen (secondary N) is 1. The minimum atomic E-state index is -0.282. The summed E-state index contributed by atoms with van der Waals surface area (Å²) in [4.78, 5) is 11.9. The van der Waals surface area contributed by atoms with Crippen molar-refractivity contribution in [3.63, 3.8) is 0 Å². The second-order valence-corrected chi connectivity index (χ2v) is 4.70. The maximum absolute atomic E-state index is 11.9. The van der Waals surface area contributed by atoms with Crippen molar-refractivity contribution in [1.82, 2.24) is 15.1 Å². The first kappa shape index (κ1) is 11.9. The zero-order chi connectivity index (χ0) is 12.5. The number of carbonyl (C=O) groups is 1. The van der Waals surface area contributed by atoms with Crippen molar-refractivity contribution in [3.8, 4) is 0 Å². The standard InChI is InChI=1S/C11H18N4O2/c1-8-11(2,3-4-17-8)14-10(16)7-15-6-9(12)5-13-15/h5-6,8H,3-4,7,12H2,1-2H3,(H,14,16). The fraction of sp³-hybridized carbons (Fsp3) is 0.636. The molecule has 94 valence electrons. The van der Waals surface area contributed by atoms with Crippen LogP contribution in [0.3, 0.4) is 0 Å². The second-order valence-electron chi connectivity index (χ2n) is 4.70. The molecule has 2 heterocycles. The van der Waals surface area contributed by atoms with Crippen LogP contribution in [0.4, 0.5) is 5.69 Å². The van der Waals surface area contributed by atoms with Crippen LogP contribution < -0.4 is 11.1 Å². The molecule has 1 aromatic heterocycles. The fourth-order valence-corrected chi connectivity index (χ4v) is 1.97. The number of ether oxygens (including phenoxy) is 1. The maximum atomic E-state index is 11.9. The average molecular weight is 238 g/mol. The lowest BCUT2D eigenvalue weighted by Crippen LogP contribution is -2.51. The summed E-state index contributed by atoms with van der Waals surface area (Å²) >= 11 is 0. The van der Waals surface area contributed by atoms with Gasteiger partial charge in [0.15, 0.2) is 0 Å². The van der Waals surface area contributed by atoms with Crippen LogP contribution in [0.15, 0.2) is 12.4 Å². The molecule has 0 saturated carbocycles. The van der Waals surface area contributed by atoms with E-state index in [9.17, 15) is 4.79 Å². The zero-order valence-corrected chi connectivity index (χ0v) is 10.1. The average Bonchev–Trinajstić information content (AvgIpc) is 2.75. The van der Waals surface area contributed by atoms with E-state index in [0.29, 0.717) is 12.3 Å². The lowest BCUT2D eigenvalue weighted by atomic mass is 9.95. The van der Waals surface area contributed by atoms with Gasteiger partial charge in [-0.15, -0.1) is 0 Å². The topological polar surface area (TPSA) is 82.2 Å². The Morgan fingerprint density at radius 1 is 1.82 bits per heavy atom. The van der Waals surface area contributed by atoms with Crippen LogP contribution in [0.5, 0.6) is 0 Å². The van der Waals surface area contributed by atoms with Crippen molar-refractivity contribution in [2.75, 3.05) is 12.3 Å². The molecule has 0 aliphatic carbocycles. The predicted octanol–water partition coefficient (Wildman–Crippen LogP) is 0.149. The molecule has 2 rings (SSSR count). The summed E-state index contributed by atoms with van der Waals surface area (Å²) in [6.45, 7) is 4.84. The van der Waals surface area contributed by atoms with Gasteiger partial charge in [0, 0.05) is 12.8 Å². The third-order valence-electron chi connectivity index (χ3n) is 3.27. The maximum Gasteiger partial charge on any atom is 0.242 e. The normalized spacial score (nSPS) is 28.2. The third-order valence-corrected chi connectivity index (χ3v) is 3.27. The minimum Gasteiger partial charge on any atom is -0.396 e. The molecule has 6 nitrogen and oxygen atoms in total. The molecule has 1 aliphatic heterocycles. The van der Waals surface area contributed by atoms with Gasteiger partial charge in [-0.3, -0.25) is 9.48 Å². The molecule has 1 aliphatic rings. The van der Waals surface area contributed by atoms with Gasteiger partial charge < -0.3 is 15.8 Å². The van der Waals surface area contributed by atoms with E-state index >= 15 is 0 Å². The molecule has 1 saturated heterocycles. The largest absolute Gasteiger partial charge is 0.396 e. The first-order valence-electron chi connectivity index (χ1n) is 5.70. The summed E-state index contributed by atoms with van der Waals surface area (Å²) in [6.07, 6.45) is 4.03. The zero-order valence-electron chi connectivity index (χ0n) is 10.1. The van der Waals surface area contributed by atoms with Crippen LogP contribution in [-0.2, 0) is 16.1 Å². The Labute approximate surface area is 100 Å². The van der Waals surface area contributed by atoms with Crippen LogP contribution >= 0.6 is 0 Å². The van der Waals surface area contributed by atoms with E-state index in [4.69, 9.17) is 10.5 Å². The van der Waals surface area contributed by atoms with Crippen molar-refractivity contribution in [2.45, 2.75) is 38.5 Å². The molecule has 1 fully saturated rings. The molecule has 3 N–H and O–H groups in total. The monoisotopic (exact) mass is 238 g/mol. The number of amides is 1. The Bertz CT molecular complexity index is 417. The lowest BCUT2D eigenvalue weighted by molar-refractivity contribution is -0.124. The molecule has 0 spiro atoms. The SMILES string of the molecule is CC1OCCC1(C)NC(=O)Cn1cc(N)cn1. The van der Waals surface area contributed by atoms with Crippen LogP contribution in [0, 0.1) is 0 Å². The molecule has 0 bridgehead atoms. The van der Waals surface area contributed by atoms with Crippen molar-refractivity contribution < 1.29 is 9.53 Å². The number of carbonyl (C=O) groups excluding carboxylic acids is 1. The highest BCUT2D eigenvalue weighted by Crippen LogP contribution is 2.24. The van der Waals surface area contributed by atoms with E-state index in [0.717, 1.165) is 6.42 Å². The molecule has 2 atom stereocenters. The molecular formula is C11H18N4O2. The molecule has 1 aromatic rings. The van der Waals surface area contributed by atoms with Gasteiger partial charge in [0.1, 0.15) is 6.54 Å². The Balaban J connectivity index is 1.93. The molecule has 2 unspecified atom stereocenters. The van der Waals surface area contributed by atoms with Crippen molar-refractivity contribution in [2.24, 2.45) is 0 Å². The summed E-state index contributed by atoms with van der Waals surface area (Å²) in [6, 6.07) is 0.